The molecule has 0 heterocycles. The Balaban J connectivity index is 1.92. The maximum atomic E-state index is 16.7. The molecule has 0 amide bonds. The highest BCUT2D eigenvalue weighted by molar-refractivity contribution is 5.70. The van der Waals surface area contributed by atoms with Gasteiger partial charge in [-0.05, 0) is 36.4 Å². The second-order valence-electron chi connectivity index (χ2n) is 8.00. The van der Waals surface area contributed by atoms with E-state index in [2.05, 4.69) is 0 Å². The molecular formula is C27H20F6N2O2. The number of rotatable bonds is 7. The van der Waals surface area contributed by atoms with Gasteiger partial charge < -0.3 is 20.9 Å². The van der Waals surface area contributed by atoms with Crippen molar-refractivity contribution in [3.63, 3.8) is 0 Å². The van der Waals surface area contributed by atoms with E-state index < -0.39 is 40.3 Å². The maximum absolute atomic E-state index is 16.7. The number of nitrogen functional groups attached to an aromatic ring is 2. The van der Waals surface area contributed by atoms with Crippen molar-refractivity contribution < 1.29 is 35.8 Å². The van der Waals surface area contributed by atoms with E-state index in [1.807, 2.05) is 0 Å². The zero-order valence-electron chi connectivity index (χ0n) is 19.0. The summed E-state index contributed by atoms with van der Waals surface area (Å²) in [6, 6.07) is 21.8. The number of anilines is 2. The average molecular weight is 518 g/mol. The largest absolute Gasteiger partial charge is 0.457 e. The number of halogens is 6. The summed E-state index contributed by atoms with van der Waals surface area (Å²) in [5.74, 6) is -6.19. The molecule has 4 aromatic carbocycles. The summed E-state index contributed by atoms with van der Waals surface area (Å²) in [6.07, 6.45) is -6.31. The van der Waals surface area contributed by atoms with Crippen LogP contribution >= 0.6 is 0 Å². The number of hydrogen-bond acceptors (Lipinski definition) is 4. The molecule has 0 aliphatic carbocycles. The lowest BCUT2D eigenvalue weighted by Crippen LogP contribution is -2.53. The fraction of sp³-hybridized carbons (Fsp3) is 0.111. The Hall–Kier alpha value is -4.34. The molecule has 0 aromatic heterocycles. The zero-order valence-corrected chi connectivity index (χ0v) is 19.0. The molecule has 37 heavy (non-hydrogen) atoms. The fourth-order valence-electron chi connectivity index (χ4n) is 3.78. The summed E-state index contributed by atoms with van der Waals surface area (Å²) in [5, 5.41) is 0. The van der Waals surface area contributed by atoms with Gasteiger partial charge in [-0.3, -0.25) is 0 Å². The number of ether oxygens (including phenoxy) is 2. The van der Waals surface area contributed by atoms with Gasteiger partial charge in [0.25, 0.3) is 0 Å². The highest BCUT2D eigenvalue weighted by Gasteiger charge is 2.73. The van der Waals surface area contributed by atoms with Gasteiger partial charge in [-0.2, -0.15) is 22.0 Å². The predicted octanol–water partition coefficient (Wildman–Crippen LogP) is 7.85. The SMILES string of the molecule is Nc1c(Oc2ccccc2)cccc1C(F)(c1cccc(Oc2ccccc2)c1N)C(F)(F)C(F)(F)F. The van der Waals surface area contributed by atoms with Crippen LogP contribution in [0.15, 0.2) is 97.1 Å². The standard InChI is InChI=1S/C27H20F6N2O2/c28-25(26(29,30)27(31,32)33,19-13-7-15-21(23(19)34)36-17-9-3-1-4-10-17)20-14-8-16-22(24(20)35)37-18-11-5-2-6-12-18/h1-16H,34-35H2. The average Bonchev–Trinajstić information content (AvgIpc) is 2.86. The quantitative estimate of drug-likeness (QED) is 0.193. The van der Waals surface area contributed by atoms with E-state index in [0.29, 0.717) is 0 Å². The van der Waals surface area contributed by atoms with Gasteiger partial charge in [-0.15, -0.1) is 0 Å². The van der Waals surface area contributed by atoms with Gasteiger partial charge in [0, 0.05) is 11.1 Å². The summed E-state index contributed by atoms with van der Waals surface area (Å²) < 4.78 is 99.3. The van der Waals surface area contributed by atoms with Crippen molar-refractivity contribution in [3.8, 4) is 23.0 Å². The van der Waals surface area contributed by atoms with Crippen LogP contribution in [0.5, 0.6) is 23.0 Å². The first-order valence-corrected chi connectivity index (χ1v) is 10.8. The van der Waals surface area contributed by atoms with E-state index >= 15 is 13.2 Å². The Morgan fingerprint density at radius 2 is 0.865 bits per heavy atom. The van der Waals surface area contributed by atoms with Gasteiger partial charge in [-0.25, -0.2) is 4.39 Å². The van der Waals surface area contributed by atoms with Gasteiger partial charge in [-0.1, -0.05) is 60.7 Å². The Kier molecular flexibility index (Phi) is 6.68. The molecule has 0 unspecified atom stereocenters. The van der Waals surface area contributed by atoms with Crippen molar-refractivity contribution in [2.45, 2.75) is 17.8 Å². The number of para-hydroxylation sites is 4. The van der Waals surface area contributed by atoms with Gasteiger partial charge in [0.1, 0.15) is 11.5 Å². The smallest absolute Gasteiger partial charge is 0.455 e. The minimum absolute atomic E-state index is 0.205. The zero-order chi connectivity index (χ0) is 26.8. The minimum atomic E-state index is -6.31. The molecule has 4 aromatic rings. The third kappa shape index (κ3) is 4.62. The maximum Gasteiger partial charge on any atom is 0.457 e. The van der Waals surface area contributed by atoms with Crippen LogP contribution in [0.1, 0.15) is 11.1 Å². The first kappa shape index (κ1) is 25.7. The Labute approximate surface area is 208 Å². The van der Waals surface area contributed by atoms with Gasteiger partial charge in [0.2, 0.25) is 5.67 Å². The van der Waals surface area contributed by atoms with Gasteiger partial charge in [0.15, 0.2) is 11.5 Å². The molecule has 4 rings (SSSR count). The van der Waals surface area contributed by atoms with E-state index in [1.165, 1.54) is 36.4 Å². The van der Waals surface area contributed by atoms with Crippen molar-refractivity contribution in [3.05, 3.63) is 108 Å². The Bertz CT molecular complexity index is 1290. The van der Waals surface area contributed by atoms with E-state index in [4.69, 9.17) is 20.9 Å². The molecule has 0 bridgehead atoms. The van der Waals surface area contributed by atoms with Crippen LogP contribution in [0.2, 0.25) is 0 Å². The van der Waals surface area contributed by atoms with Gasteiger partial charge >= 0.3 is 12.1 Å². The number of alkyl halides is 6. The lowest BCUT2D eigenvalue weighted by Gasteiger charge is -2.37. The van der Waals surface area contributed by atoms with Crippen LogP contribution in [0.25, 0.3) is 0 Å². The molecule has 0 saturated carbocycles. The predicted molar refractivity (Wildman–Crippen MR) is 128 cm³/mol. The van der Waals surface area contributed by atoms with Crippen molar-refractivity contribution in [2.75, 3.05) is 11.5 Å². The van der Waals surface area contributed by atoms with E-state index in [0.717, 1.165) is 24.3 Å². The van der Waals surface area contributed by atoms with Crippen LogP contribution in [0.4, 0.5) is 37.7 Å². The fourth-order valence-corrected chi connectivity index (χ4v) is 3.78. The molecule has 0 aliphatic heterocycles. The highest BCUT2D eigenvalue weighted by atomic mass is 19.4. The lowest BCUT2D eigenvalue weighted by atomic mass is 9.80. The molecule has 0 aliphatic rings. The van der Waals surface area contributed by atoms with E-state index in [9.17, 15) is 13.2 Å². The van der Waals surface area contributed by atoms with Crippen molar-refractivity contribution in [1.82, 2.24) is 0 Å². The van der Waals surface area contributed by atoms with Crippen molar-refractivity contribution in [1.29, 1.82) is 0 Å². The number of hydrogen-bond donors (Lipinski definition) is 2. The summed E-state index contributed by atoms with van der Waals surface area (Å²) in [6.45, 7) is 0. The molecule has 0 saturated heterocycles. The number of nitrogens with two attached hydrogens (primary N) is 2. The van der Waals surface area contributed by atoms with Crippen LogP contribution in [0, 0.1) is 0 Å². The summed E-state index contributed by atoms with van der Waals surface area (Å²) in [7, 11) is 0. The Morgan fingerprint density at radius 1 is 0.486 bits per heavy atom. The minimum Gasteiger partial charge on any atom is -0.455 e. The summed E-state index contributed by atoms with van der Waals surface area (Å²) >= 11 is 0. The molecule has 0 atom stereocenters. The van der Waals surface area contributed by atoms with Crippen molar-refractivity contribution >= 4 is 11.4 Å². The van der Waals surface area contributed by atoms with Crippen LogP contribution in [0.3, 0.4) is 0 Å². The first-order chi connectivity index (χ1) is 17.5. The Morgan fingerprint density at radius 3 is 1.22 bits per heavy atom. The van der Waals surface area contributed by atoms with E-state index in [-0.39, 0.29) is 23.0 Å². The lowest BCUT2D eigenvalue weighted by molar-refractivity contribution is -0.322. The second kappa shape index (κ2) is 9.61. The molecular weight excluding hydrogens is 498 g/mol. The highest BCUT2D eigenvalue weighted by Crippen LogP contribution is 2.58. The molecule has 4 nitrogen and oxygen atoms in total. The third-order valence-corrected chi connectivity index (χ3v) is 5.61. The molecule has 0 spiro atoms. The van der Waals surface area contributed by atoms with Crippen LogP contribution in [-0.4, -0.2) is 12.1 Å². The first-order valence-electron chi connectivity index (χ1n) is 10.8. The number of benzene rings is 4. The third-order valence-electron chi connectivity index (χ3n) is 5.61. The van der Waals surface area contributed by atoms with Crippen molar-refractivity contribution in [2.24, 2.45) is 0 Å². The van der Waals surface area contributed by atoms with Gasteiger partial charge in [0.05, 0.1) is 11.4 Å². The molecule has 10 heteroatoms. The van der Waals surface area contributed by atoms with Crippen LogP contribution in [-0.2, 0) is 5.67 Å². The summed E-state index contributed by atoms with van der Waals surface area (Å²) in [5.41, 5.74) is 3.52. The molecule has 0 fully saturated rings. The monoisotopic (exact) mass is 518 g/mol. The normalized spacial score (nSPS) is 12.3. The molecule has 192 valence electrons. The van der Waals surface area contributed by atoms with E-state index in [1.54, 1.807) is 36.4 Å². The molecule has 4 N–H and O–H groups in total. The topological polar surface area (TPSA) is 70.5 Å². The summed E-state index contributed by atoms with van der Waals surface area (Å²) in [4.78, 5) is 0. The van der Waals surface area contributed by atoms with Crippen LogP contribution < -0.4 is 20.9 Å². The second-order valence-corrected chi connectivity index (χ2v) is 8.00. The molecule has 0 radical (unpaired) electrons.